The summed E-state index contributed by atoms with van der Waals surface area (Å²) < 4.78 is 0. The largest absolute Gasteiger partial charge is 0.354 e. The number of hydrogen-bond acceptors (Lipinski definition) is 6. The molecule has 1 aromatic heterocycles. The molecule has 0 radical (unpaired) electrons. The molecule has 4 rings (SSSR count). The molecule has 1 saturated carbocycles. The van der Waals surface area contributed by atoms with E-state index in [-0.39, 0.29) is 23.5 Å². The van der Waals surface area contributed by atoms with Gasteiger partial charge in [0.05, 0.1) is 11.7 Å². The van der Waals surface area contributed by atoms with E-state index >= 15 is 0 Å². The number of aryl methyl sites for hydroxylation is 2. The average molecular weight is 440 g/mol. The van der Waals surface area contributed by atoms with Crippen LogP contribution in [0.1, 0.15) is 36.8 Å². The minimum absolute atomic E-state index is 0.0128. The van der Waals surface area contributed by atoms with E-state index in [1.54, 1.807) is 0 Å². The maximum absolute atomic E-state index is 12.4. The summed E-state index contributed by atoms with van der Waals surface area (Å²) in [4.78, 5) is 26.9. The van der Waals surface area contributed by atoms with E-state index in [0.29, 0.717) is 17.6 Å². The van der Waals surface area contributed by atoms with Crippen LogP contribution in [0.2, 0.25) is 0 Å². The van der Waals surface area contributed by atoms with Crippen LogP contribution < -0.4 is 15.5 Å². The third kappa shape index (κ3) is 5.76. The SMILES string of the molecule is Cc1cccc(C)c1NC(=O)CSc1ccc(N2CCC[C@@H](C(=O)NC3CC3)C2)nn1. The van der Waals surface area contributed by atoms with E-state index in [1.165, 1.54) is 11.8 Å². The molecule has 1 aromatic carbocycles. The van der Waals surface area contributed by atoms with Gasteiger partial charge in [-0.1, -0.05) is 30.0 Å². The number of thioether (sulfide) groups is 1. The van der Waals surface area contributed by atoms with Crippen LogP contribution in [0, 0.1) is 19.8 Å². The number of benzene rings is 1. The van der Waals surface area contributed by atoms with Gasteiger partial charge in [0.25, 0.3) is 0 Å². The van der Waals surface area contributed by atoms with Crippen LogP contribution in [0.4, 0.5) is 11.5 Å². The predicted molar refractivity (Wildman–Crippen MR) is 123 cm³/mol. The van der Waals surface area contributed by atoms with Crippen LogP contribution in [-0.2, 0) is 9.59 Å². The van der Waals surface area contributed by atoms with Crippen molar-refractivity contribution >= 4 is 35.1 Å². The molecule has 2 amide bonds. The van der Waals surface area contributed by atoms with E-state index in [2.05, 4.69) is 25.7 Å². The number of carbonyl (C=O) groups is 2. The Hall–Kier alpha value is -2.61. The quantitative estimate of drug-likeness (QED) is 0.644. The molecule has 0 bridgehead atoms. The number of piperidine rings is 1. The summed E-state index contributed by atoms with van der Waals surface area (Å²) in [6.45, 7) is 5.53. The fourth-order valence-corrected chi connectivity index (χ4v) is 4.45. The van der Waals surface area contributed by atoms with Crippen molar-refractivity contribution in [3.05, 3.63) is 41.5 Å². The lowest BCUT2D eigenvalue weighted by Gasteiger charge is -2.32. The highest BCUT2D eigenvalue weighted by Crippen LogP contribution is 2.25. The van der Waals surface area contributed by atoms with E-state index in [1.807, 2.05) is 44.2 Å². The molecule has 0 spiro atoms. The van der Waals surface area contributed by atoms with Gasteiger partial charge in [0.1, 0.15) is 5.03 Å². The lowest BCUT2D eigenvalue weighted by molar-refractivity contribution is -0.125. The third-order valence-electron chi connectivity index (χ3n) is 5.76. The standard InChI is InChI=1S/C23H29N5O2S/c1-15-5-3-6-16(2)22(15)25-20(29)14-31-21-11-10-19(26-27-21)28-12-4-7-17(13-28)23(30)24-18-8-9-18/h3,5-6,10-11,17-18H,4,7-9,12-14H2,1-2H3,(H,24,30)(H,25,29)/t17-/m1/s1. The van der Waals surface area contributed by atoms with Crippen molar-refractivity contribution < 1.29 is 9.59 Å². The molecule has 31 heavy (non-hydrogen) atoms. The second kappa shape index (κ2) is 9.68. The molecule has 0 unspecified atom stereocenters. The van der Waals surface area contributed by atoms with Crippen LogP contribution in [0.3, 0.4) is 0 Å². The number of aromatic nitrogens is 2. The number of amides is 2. The number of carbonyl (C=O) groups excluding carboxylic acids is 2. The molecule has 8 heteroatoms. The van der Waals surface area contributed by atoms with Crippen molar-refractivity contribution in [2.24, 2.45) is 5.92 Å². The molecule has 2 fully saturated rings. The van der Waals surface area contributed by atoms with Crippen molar-refractivity contribution in [3.63, 3.8) is 0 Å². The molecule has 1 atom stereocenters. The van der Waals surface area contributed by atoms with Gasteiger partial charge in [-0.15, -0.1) is 10.2 Å². The first-order valence-corrected chi connectivity index (χ1v) is 11.9. The molecule has 7 nitrogen and oxygen atoms in total. The lowest BCUT2D eigenvalue weighted by atomic mass is 9.97. The smallest absolute Gasteiger partial charge is 0.234 e. The highest BCUT2D eigenvalue weighted by molar-refractivity contribution is 7.99. The highest BCUT2D eigenvalue weighted by atomic mass is 32.2. The van der Waals surface area contributed by atoms with Crippen molar-refractivity contribution in [2.75, 3.05) is 29.1 Å². The Balaban J connectivity index is 1.28. The van der Waals surface area contributed by atoms with Crippen LogP contribution in [0.5, 0.6) is 0 Å². The summed E-state index contributed by atoms with van der Waals surface area (Å²) in [6, 6.07) is 10.2. The summed E-state index contributed by atoms with van der Waals surface area (Å²) >= 11 is 1.37. The Morgan fingerprint density at radius 2 is 1.87 bits per heavy atom. The van der Waals surface area contributed by atoms with Crippen LogP contribution >= 0.6 is 11.8 Å². The van der Waals surface area contributed by atoms with Gasteiger partial charge in [-0.2, -0.15) is 0 Å². The Morgan fingerprint density at radius 1 is 1.10 bits per heavy atom. The van der Waals surface area contributed by atoms with Crippen LogP contribution in [0.15, 0.2) is 35.4 Å². The van der Waals surface area contributed by atoms with Gasteiger partial charge in [-0.3, -0.25) is 9.59 Å². The molecule has 1 aliphatic heterocycles. The Labute approximate surface area is 187 Å². The van der Waals surface area contributed by atoms with Gasteiger partial charge in [-0.25, -0.2) is 0 Å². The summed E-state index contributed by atoms with van der Waals surface area (Å²) in [5, 5.41) is 15.5. The molecular formula is C23H29N5O2S. The zero-order valence-electron chi connectivity index (χ0n) is 18.1. The lowest BCUT2D eigenvalue weighted by Crippen LogP contribution is -2.44. The first kappa shape index (κ1) is 21.6. The summed E-state index contributed by atoms with van der Waals surface area (Å²) in [5.41, 5.74) is 2.97. The zero-order valence-corrected chi connectivity index (χ0v) is 18.9. The minimum Gasteiger partial charge on any atom is -0.354 e. The monoisotopic (exact) mass is 439 g/mol. The number of nitrogens with zero attached hydrogens (tertiary/aromatic N) is 3. The van der Waals surface area contributed by atoms with Gasteiger partial charge in [-0.05, 0) is 62.8 Å². The maximum Gasteiger partial charge on any atom is 0.234 e. The van der Waals surface area contributed by atoms with E-state index < -0.39 is 0 Å². The number of rotatable bonds is 7. The van der Waals surface area contributed by atoms with Gasteiger partial charge in [0.15, 0.2) is 5.82 Å². The van der Waals surface area contributed by atoms with Crippen LogP contribution in [0.25, 0.3) is 0 Å². The fourth-order valence-electron chi connectivity index (χ4n) is 3.83. The van der Waals surface area contributed by atoms with E-state index in [9.17, 15) is 9.59 Å². The van der Waals surface area contributed by atoms with Gasteiger partial charge in [0.2, 0.25) is 11.8 Å². The average Bonchev–Trinajstić information content (AvgIpc) is 3.59. The van der Waals surface area contributed by atoms with Crippen molar-refractivity contribution in [2.45, 2.75) is 50.6 Å². The van der Waals surface area contributed by atoms with Crippen molar-refractivity contribution in [1.29, 1.82) is 0 Å². The molecule has 2 aliphatic rings. The van der Waals surface area contributed by atoms with Crippen molar-refractivity contribution in [1.82, 2.24) is 15.5 Å². The molecular weight excluding hydrogens is 410 g/mol. The second-order valence-corrected chi connectivity index (χ2v) is 9.40. The summed E-state index contributed by atoms with van der Waals surface area (Å²) in [6.07, 6.45) is 4.11. The Kier molecular flexibility index (Phi) is 6.75. The Bertz CT molecular complexity index is 925. The second-order valence-electron chi connectivity index (χ2n) is 8.40. The van der Waals surface area contributed by atoms with Crippen LogP contribution in [-0.4, -0.2) is 46.9 Å². The molecule has 2 aromatic rings. The number of para-hydroxylation sites is 1. The molecule has 2 N–H and O–H groups in total. The highest BCUT2D eigenvalue weighted by Gasteiger charge is 2.30. The first-order valence-electron chi connectivity index (χ1n) is 10.9. The molecule has 1 aliphatic carbocycles. The molecule has 2 heterocycles. The maximum atomic E-state index is 12.4. The Morgan fingerprint density at radius 3 is 2.55 bits per heavy atom. The van der Waals surface area contributed by atoms with E-state index in [0.717, 1.165) is 54.9 Å². The van der Waals surface area contributed by atoms with Gasteiger partial charge < -0.3 is 15.5 Å². The summed E-state index contributed by atoms with van der Waals surface area (Å²) in [5.74, 6) is 1.18. The molecule has 164 valence electrons. The van der Waals surface area contributed by atoms with E-state index in [4.69, 9.17) is 0 Å². The predicted octanol–water partition coefficient (Wildman–Crippen LogP) is 3.32. The minimum atomic E-state index is -0.0613. The topological polar surface area (TPSA) is 87.2 Å². The third-order valence-corrected chi connectivity index (χ3v) is 6.68. The van der Waals surface area contributed by atoms with Gasteiger partial charge >= 0.3 is 0 Å². The normalized spacial score (nSPS) is 18.5. The number of hydrogen-bond donors (Lipinski definition) is 2. The summed E-state index contributed by atoms with van der Waals surface area (Å²) in [7, 11) is 0. The number of anilines is 2. The number of nitrogens with one attached hydrogen (secondary N) is 2. The van der Waals surface area contributed by atoms with Crippen molar-refractivity contribution in [3.8, 4) is 0 Å². The molecule has 1 saturated heterocycles. The van der Waals surface area contributed by atoms with Gasteiger partial charge in [0, 0.05) is 24.8 Å². The zero-order chi connectivity index (χ0) is 21.8. The fraction of sp³-hybridized carbons (Fsp3) is 0.478. The first-order chi connectivity index (χ1) is 15.0.